The third kappa shape index (κ3) is 8.40. The van der Waals surface area contributed by atoms with Gasteiger partial charge < -0.3 is 9.80 Å². The first kappa shape index (κ1) is 18.4. The maximum atomic E-state index is 9.42. The summed E-state index contributed by atoms with van der Waals surface area (Å²) in [5.41, 5.74) is -0.341. The molecule has 0 saturated heterocycles. The zero-order chi connectivity index (χ0) is 15.9. The minimum absolute atomic E-state index is 0.341. The van der Waals surface area contributed by atoms with Crippen LogP contribution in [0.5, 0.6) is 0 Å². The Morgan fingerprint density at radius 3 is 2.38 bits per heavy atom. The van der Waals surface area contributed by atoms with Crippen molar-refractivity contribution in [3.8, 4) is 6.07 Å². The van der Waals surface area contributed by atoms with Gasteiger partial charge in [0, 0.05) is 25.7 Å². The van der Waals surface area contributed by atoms with Gasteiger partial charge in [-0.2, -0.15) is 5.26 Å². The molecule has 0 aromatic rings. The molecule has 0 radical (unpaired) electrons. The second kappa shape index (κ2) is 8.73. The van der Waals surface area contributed by atoms with Gasteiger partial charge in [-0.3, -0.25) is 5.32 Å². The van der Waals surface area contributed by atoms with Gasteiger partial charge in [-0.05, 0) is 59.2 Å². The second-order valence-corrected chi connectivity index (χ2v) is 7.46. The lowest BCUT2D eigenvalue weighted by Crippen LogP contribution is -2.43. The third-order valence-corrected chi connectivity index (χ3v) is 3.98. The number of nitriles is 1. The molecule has 0 aromatic carbocycles. The zero-order valence-corrected chi connectivity index (χ0v) is 14.7. The Bertz CT molecular complexity index is 330. The lowest BCUT2D eigenvalue weighted by atomic mass is 9.97. The lowest BCUT2D eigenvalue weighted by molar-refractivity contribution is 0.210. The molecule has 1 aliphatic carbocycles. The minimum atomic E-state index is -0.341. The van der Waals surface area contributed by atoms with E-state index in [0.29, 0.717) is 12.0 Å². The fourth-order valence-corrected chi connectivity index (χ4v) is 2.65. The Balaban J connectivity index is 2.34. The van der Waals surface area contributed by atoms with Gasteiger partial charge in [0.15, 0.2) is 0 Å². The number of hydrogen-bond donors (Lipinski definition) is 1. The molecule has 1 unspecified atom stereocenters. The molecule has 4 nitrogen and oxygen atoms in total. The van der Waals surface area contributed by atoms with Crippen molar-refractivity contribution in [1.82, 2.24) is 15.1 Å². The summed E-state index contributed by atoms with van der Waals surface area (Å²) >= 11 is 0. The van der Waals surface area contributed by atoms with E-state index in [0.717, 1.165) is 39.0 Å². The predicted octanol–water partition coefficient (Wildman–Crippen LogP) is 2.32. The lowest BCUT2D eigenvalue weighted by Gasteiger charge is -2.28. The topological polar surface area (TPSA) is 42.3 Å². The Hall–Kier alpha value is -0.630. The highest BCUT2D eigenvalue weighted by Crippen LogP contribution is 2.24. The molecule has 122 valence electrons. The molecule has 1 N–H and O–H groups in total. The smallest absolute Gasteiger partial charge is 0.104 e. The van der Waals surface area contributed by atoms with Crippen molar-refractivity contribution >= 4 is 0 Å². The van der Waals surface area contributed by atoms with E-state index >= 15 is 0 Å². The van der Waals surface area contributed by atoms with Crippen LogP contribution in [0.1, 0.15) is 46.5 Å². The summed E-state index contributed by atoms with van der Waals surface area (Å²) in [7, 11) is 4.25. The second-order valence-electron chi connectivity index (χ2n) is 7.46. The first-order valence-corrected chi connectivity index (χ1v) is 8.40. The van der Waals surface area contributed by atoms with Crippen molar-refractivity contribution < 1.29 is 0 Å². The molecule has 1 saturated carbocycles. The monoisotopic (exact) mass is 294 g/mol. The number of nitrogens with one attached hydrogen (secondary N) is 1. The molecule has 0 heterocycles. The zero-order valence-electron chi connectivity index (χ0n) is 14.7. The maximum Gasteiger partial charge on any atom is 0.104 e. The van der Waals surface area contributed by atoms with Crippen molar-refractivity contribution in [2.45, 2.75) is 58.0 Å². The van der Waals surface area contributed by atoms with Crippen LogP contribution >= 0.6 is 0 Å². The van der Waals surface area contributed by atoms with Gasteiger partial charge >= 0.3 is 0 Å². The SMILES string of the molecule is CC(C)CN(CCCC(C)(C#N)NC1CC1)CCN(C)C. The fraction of sp³-hybridized carbons (Fsp3) is 0.941. The molecule has 0 aromatic heterocycles. The van der Waals surface area contributed by atoms with Gasteiger partial charge in [-0.15, -0.1) is 0 Å². The first-order chi connectivity index (χ1) is 9.84. The molecule has 1 atom stereocenters. The van der Waals surface area contributed by atoms with E-state index in [-0.39, 0.29) is 5.54 Å². The van der Waals surface area contributed by atoms with Crippen LogP contribution in [0.25, 0.3) is 0 Å². The predicted molar refractivity (Wildman–Crippen MR) is 89.2 cm³/mol. The van der Waals surface area contributed by atoms with Crippen LogP contribution in [0, 0.1) is 17.2 Å². The van der Waals surface area contributed by atoms with Gasteiger partial charge in [-0.25, -0.2) is 0 Å². The standard InChI is InChI=1S/C17H34N4/c1-15(2)13-21(12-11-20(4)5)10-6-9-17(3,14-18)19-16-7-8-16/h15-16,19H,6-13H2,1-5H3. The van der Waals surface area contributed by atoms with E-state index in [1.807, 2.05) is 0 Å². The average molecular weight is 294 g/mol. The highest BCUT2D eigenvalue weighted by atomic mass is 15.2. The molecule has 21 heavy (non-hydrogen) atoms. The molecular weight excluding hydrogens is 260 g/mol. The quantitative estimate of drug-likeness (QED) is 0.635. The Morgan fingerprint density at radius 2 is 1.90 bits per heavy atom. The average Bonchev–Trinajstić information content (AvgIpc) is 3.18. The summed E-state index contributed by atoms with van der Waals surface area (Å²) in [5, 5.41) is 12.9. The maximum absolute atomic E-state index is 9.42. The van der Waals surface area contributed by atoms with Crippen LogP contribution in [-0.2, 0) is 0 Å². The largest absolute Gasteiger partial charge is 0.308 e. The van der Waals surface area contributed by atoms with E-state index in [1.165, 1.54) is 12.8 Å². The van der Waals surface area contributed by atoms with Crippen LogP contribution in [0.2, 0.25) is 0 Å². The van der Waals surface area contributed by atoms with Crippen LogP contribution in [0.15, 0.2) is 0 Å². The number of nitrogens with zero attached hydrogens (tertiary/aromatic N) is 3. The molecule has 0 spiro atoms. The molecule has 0 bridgehead atoms. The van der Waals surface area contributed by atoms with Crippen molar-refractivity contribution in [2.75, 3.05) is 40.3 Å². The summed E-state index contributed by atoms with van der Waals surface area (Å²) in [5.74, 6) is 0.694. The van der Waals surface area contributed by atoms with Crippen molar-refractivity contribution in [1.29, 1.82) is 5.26 Å². The fourth-order valence-electron chi connectivity index (χ4n) is 2.65. The number of likely N-dealkylation sites (N-methyl/N-ethyl adjacent to an activating group) is 1. The van der Waals surface area contributed by atoms with Crippen LogP contribution in [0.4, 0.5) is 0 Å². The van der Waals surface area contributed by atoms with Crippen LogP contribution in [0.3, 0.4) is 0 Å². The van der Waals surface area contributed by atoms with Gasteiger partial charge in [0.05, 0.1) is 6.07 Å². The van der Waals surface area contributed by atoms with E-state index in [2.05, 4.69) is 56.1 Å². The van der Waals surface area contributed by atoms with Gasteiger partial charge in [0.2, 0.25) is 0 Å². The normalized spacial score (nSPS) is 18.2. The summed E-state index contributed by atoms with van der Waals surface area (Å²) in [4.78, 5) is 4.78. The van der Waals surface area contributed by atoms with Crippen LogP contribution < -0.4 is 5.32 Å². The summed E-state index contributed by atoms with van der Waals surface area (Å²) in [6, 6.07) is 3.07. The molecular formula is C17H34N4. The highest BCUT2D eigenvalue weighted by Gasteiger charge is 2.32. The highest BCUT2D eigenvalue weighted by molar-refractivity contribution is 5.07. The molecule has 0 aliphatic heterocycles. The minimum Gasteiger partial charge on any atom is -0.308 e. The Kier molecular flexibility index (Phi) is 7.65. The van der Waals surface area contributed by atoms with Crippen molar-refractivity contribution in [3.63, 3.8) is 0 Å². The Morgan fingerprint density at radius 1 is 1.24 bits per heavy atom. The van der Waals surface area contributed by atoms with E-state index in [9.17, 15) is 5.26 Å². The molecule has 1 fully saturated rings. The van der Waals surface area contributed by atoms with Crippen molar-refractivity contribution in [3.05, 3.63) is 0 Å². The van der Waals surface area contributed by atoms with Crippen LogP contribution in [-0.4, -0.2) is 61.7 Å². The number of hydrogen-bond acceptors (Lipinski definition) is 4. The van der Waals surface area contributed by atoms with Gasteiger partial charge in [0.1, 0.15) is 5.54 Å². The summed E-state index contributed by atoms with van der Waals surface area (Å²) < 4.78 is 0. The molecule has 0 amide bonds. The van der Waals surface area contributed by atoms with Gasteiger partial charge in [0.25, 0.3) is 0 Å². The third-order valence-electron chi connectivity index (χ3n) is 3.98. The summed E-state index contributed by atoms with van der Waals surface area (Å²) in [6.07, 6.45) is 4.50. The van der Waals surface area contributed by atoms with Gasteiger partial charge in [-0.1, -0.05) is 13.8 Å². The Labute approximate surface area is 131 Å². The van der Waals surface area contributed by atoms with E-state index in [4.69, 9.17) is 0 Å². The van der Waals surface area contributed by atoms with E-state index < -0.39 is 0 Å². The first-order valence-electron chi connectivity index (χ1n) is 8.40. The van der Waals surface area contributed by atoms with E-state index in [1.54, 1.807) is 0 Å². The summed E-state index contributed by atoms with van der Waals surface area (Å²) in [6.45, 7) is 11.1. The number of rotatable bonds is 11. The molecule has 1 aliphatic rings. The molecule has 4 heteroatoms. The molecule has 1 rings (SSSR count). The van der Waals surface area contributed by atoms with Crippen molar-refractivity contribution in [2.24, 2.45) is 5.92 Å².